The molecule has 0 aromatic carbocycles. The fourth-order valence-corrected chi connectivity index (χ4v) is 4.11. The van der Waals surface area contributed by atoms with Crippen LogP contribution in [0.25, 0.3) is 0 Å². The molecule has 3 nitrogen and oxygen atoms in total. The highest BCUT2D eigenvalue weighted by atomic mass is 19.4. The van der Waals surface area contributed by atoms with E-state index in [0.29, 0.717) is 13.1 Å². The largest absolute Gasteiger partial charge is 0.405 e. The van der Waals surface area contributed by atoms with Crippen molar-refractivity contribution in [2.75, 3.05) is 26.2 Å². The van der Waals surface area contributed by atoms with Gasteiger partial charge >= 0.3 is 6.18 Å². The van der Waals surface area contributed by atoms with Crippen LogP contribution < -0.4 is 0 Å². The van der Waals surface area contributed by atoms with Crippen molar-refractivity contribution in [1.82, 2.24) is 9.80 Å². The van der Waals surface area contributed by atoms with E-state index in [-0.39, 0.29) is 18.7 Å². The highest BCUT2D eigenvalue weighted by Crippen LogP contribution is 2.30. The molecule has 2 aliphatic rings. The molecular weight excluding hydrogens is 353 g/mol. The Labute approximate surface area is 164 Å². The maximum atomic E-state index is 13.4. The Kier molecular flexibility index (Phi) is 11.2. The first-order chi connectivity index (χ1) is 12.6. The van der Waals surface area contributed by atoms with Gasteiger partial charge in [0, 0.05) is 31.8 Å². The maximum absolute atomic E-state index is 13.4. The van der Waals surface area contributed by atoms with Gasteiger partial charge in [-0.2, -0.15) is 13.2 Å². The predicted molar refractivity (Wildman–Crippen MR) is 106 cm³/mol. The van der Waals surface area contributed by atoms with E-state index in [0.717, 1.165) is 25.3 Å². The standard InChI is InChI=1S/C18H33F3N2.C3H8O/c1-15(2)23-13-12-22(17(14-23)18(19,20)21)11-7-6-10-16-8-4-3-5-9-16;1-3(2)4/h15-17H,3-14H2,1-2H3;3-4H,1-2H3. The van der Waals surface area contributed by atoms with E-state index in [2.05, 4.69) is 0 Å². The number of unbranched alkanes of at least 4 members (excludes halogenated alkanes) is 1. The van der Waals surface area contributed by atoms with Gasteiger partial charge in [0.2, 0.25) is 0 Å². The summed E-state index contributed by atoms with van der Waals surface area (Å²) in [6.07, 6.45) is 5.64. The monoisotopic (exact) mass is 394 g/mol. The molecule has 0 amide bonds. The van der Waals surface area contributed by atoms with Crippen molar-refractivity contribution in [3.8, 4) is 0 Å². The van der Waals surface area contributed by atoms with Gasteiger partial charge in [-0.3, -0.25) is 9.80 Å². The van der Waals surface area contributed by atoms with Crippen LogP contribution in [0.2, 0.25) is 0 Å². The van der Waals surface area contributed by atoms with Gasteiger partial charge in [-0.1, -0.05) is 44.9 Å². The molecule has 1 aliphatic carbocycles. The van der Waals surface area contributed by atoms with Crippen LogP contribution in [-0.2, 0) is 0 Å². The van der Waals surface area contributed by atoms with Gasteiger partial charge in [0.15, 0.2) is 0 Å². The van der Waals surface area contributed by atoms with Crippen molar-refractivity contribution in [2.24, 2.45) is 5.92 Å². The number of aliphatic hydroxyl groups is 1. The molecule has 1 unspecified atom stereocenters. The number of hydrogen-bond donors (Lipinski definition) is 1. The third-order valence-corrected chi connectivity index (χ3v) is 5.66. The number of halogens is 3. The zero-order valence-electron chi connectivity index (χ0n) is 17.8. The number of hydrogen-bond acceptors (Lipinski definition) is 3. The molecule has 1 aliphatic heterocycles. The van der Waals surface area contributed by atoms with Crippen LogP contribution in [-0.4, -0.2) is 65.4 Å². The first kappa shape index (κ1) is 24.7. The molecule has 1 N–H and O–H groups in total. The Morgan fingerprint density at radius 1 is 0.963 bits per heavy atom. The molecule has 0 spiro atoms. The molecular formula is C21H41F3N2O. The quantitative estimate of drug-likeness (QED) is 0.636. The van der Waals surface area contributed by atoms with Crippen LogP contribution in [0.1, 0.15) is 79.1 Å². The van der Waals surface area contributed by atoms with Gasteiger partial charge in [-0.05, 0) is 46.6 Å². The van der Waals surface area contributed by atoms with Crippen LogP contribution in [0.4, 0.5) is 13.2 Å². The lowest BCUT2D eigenvalue weighted by molar-refractivity contribution is -0.198. The average molecular weight is 395 g/mol. The number of piperazine rings is 1. The second-order valence-electron chi connectivity index (χ2n) is 8.78. The summed E-state index contributed by atoms with van der Waals surface area (Å²) in [5.74, 6) is 0.833. The van der Waals surface area contributed by atoms with Crippen LogP contribution in [0.5, 0.6) is 0 Å². The van der Waals surface area contributed by atoms with Gasteiger partial charge in [0.1, 0.15) is 6.04 Å². The summed E-state index contributed by atoms with van der Waals surface area (Å²) in [7, 11) is 0. The van der Waals surface area contributed by atoms with Crippen molar-refractivity contribution in [1.29, 1.82) is 0 Å². The Hall–Kier alpha value is -0.330. The van der Waals surface area contributed by atoms with Gasteiger partial charge in [0.05, 0.1) is 0 Å². The number of rotatable bonds is 6. The lowest BCUT2D eigenvalue weighted by atomic mass is 9.86. The first-order valence-corrected chi connectivity index (χ1v) is 10.8. The minimum absolute atomic E-state index is 0.129. The molecule has 0 bridgehead atoms. The Morgan fingerprint density at radius 2 is 1.56 bits per heavy atom. The van der Waals surface area contributed by atoms with Gasteiger partial charge in [-0.15, -0.1) is 0 Å². The molecule has 1 heterocycles. The van der Waals surface area contributed by atoms with Gasteiger partial charge in [0.25, 0.3) is 0 Å². The predicted octanol–water partition coefficient (Wildman–Crippen LogP) is 5.08. The molecule has 0 aromatic rings. The van der Waals surface area contributed by atoms with E-state index in [9.17, 15) is 13.2 Å². The molecule has 1 saturated carbocycles. The van der Waals surface area contributed by atoms with Crippen LogP contribution in [0, 0.1) is 5.92 Å². The lowest BCUT2D eigenvalue weighted by Gasteiger charge is -2.43. The molecule has 1 saturated heterocycles. The number of aliphatic hydroxyl groups excluding tert-OH is 1. The smallest absolute Gasteiger partial charge is 0.394 e. The third kappa shape index (κ3) is 10.1. The zero-order chi connectivity index (χ0) is 20.4. The fraction of sp³-hybridized carbons (Fsp3) is 1.00. The fourth-order valence-electron chi connectivity index (χ4n) is 4.11. The van der Waals surface area contributed by atoms with E-state index in [4.69, 9.17) is 5.11 Å². The summed E-state index contributed by atoms with van der Waals surface area (Å²) in [6, 6.07) is -1.10. The molecule has 1 atom stereocenters. The third-order valence-electron chi connectivity index (χ3n) is 5.66. The zero-order valence-corrected chi connectivity index (χ0v) is 17.8. The van der Waals surface area contributed by atoms with Crippen molar-refractivity contribution >= 4 is 0 Å². The number of alkyl halides is 3. The second-order valence-corrected chi connectivity index (χ2v) is 8.78. The molecule has 2 fully saturated rings. The molecule has 2 rings (SSSR count). The van der Waals surface area contributed by atoms with E-state index in [1.807, 2.05) is 18.7 Å². The Bertz CT molecular complexity index is 379. The summed E-state index contributed by atoms with van der Waals surface area (Å²) in [6.45, 7) is 9.44. The SMILES string of the molecule is CC(C)N1CCN(CCCCC2CCCCC2)C(C(F)(F)F)C1.CC(C)O. The Morgan fingerprint density at radius 3 is 2.07 bits per heavy atom. The van der Waals surface area contributed by atoms with Crippen LogP contribution in [0.3, 0.4) is 0 Å². The van der Waals surface area contributed by atoms with Gasteiger partial charge in [-0.25, -0.2) is 0 Å². The summed E-state index contributed by atoms with van der Waals surface area (Å²) in [5, 5.41) is 8.06. The molecule has 6 heteroatoms. The lowest BCUT2D eigenvalue weighted by Crippen LogP contribution is -2.60. The molecule has 0 radical (unpaired) electrons. The first-order valence-electron chi connectivity index (χ1n) is 10.8. The summed E-state index contributed by atoms with van der Waals surface area (Å²) in [4.78, 5) is 3.64. The summed E-state index contributed by atoms with van der Waals surface area (Å²) >= 11 is 0. The minimum Gasteiger partial charge on any atom is -0.394 e. The van der Waals surface area contributed by atoms with E-state index in [1.54, 1.807) is 18.7 Å². The summed E-state index contributed by atoms with van der Waals surface area (Å²) < 4.78 is 40.1. The van der Waals surface area contributed by atoms with Crippen LogP contribution >= 0.6 is 0 Å². The topological polar surface area (TPSA) is 26.7 Å². The van der Waals surface area contributed by atoms with Crippen LogP contribution in [0.15, 0.2) is 0 Å². The second kappa shape index (κ2) is 12.3. The maximum Gasteiger partial charge on any atom is 0.405 e. The van der Waals surface area contributed by atoms with E-state index >= 15 is 0 Å². The Balaban J connectivity index is 0.000000828. The normalized spacial score (nSPS) is 23.6. The van der Waals surface area contributed by atoms with E-state index in [1.165, 1.54) is 38.5 Å². The highest BCUT2D eigenvalue weighted by Gasteiger charge is 2.46. The van der Waals surface area contributed by atoms with E-state index < -0.39 is 12.2 Å². The van der Waals surface area contributed by atoms with Gasteiger partial charge < -0.3 is 5.11 Å². The number of nitrogens with zero attached hydrogens (tertiary/aromatic N) is 2. The van der Waals surface area contributed by atoms with Crippen molar-refractivity contribution < 1.29 is 18.3 Å². The molecule has 162 valence electrons. The summed E-state index contributed by atoms with van der Waals surface area (Å²) in [5.41, 5.74) is 0. The molecule has 27 heavy (non-hydrogen) atoms. The van der Waals surface area contributed by atoms with Crippen molar-refractivity contribution in [3.05, 3.63) is 0 Å². The minimum atomic E-state index is -4.11. The molecule has 0 aromatic heterocycles. The van der Waals surface area contributed by atoms with Crippen molar-refractivity contribution in [3.63, 3.8) is 0 Å². The highest BCUT2D eigenvalue weighted by molar-refractivity contribution is 4.88. The van der Waals surface area contributed by atoms with Crippen molar-refractivity contribution in [2.45, 2.75) is 103 Å². The average Bonchev–Trinajstić information content (AvgIpc) is 2.58.